The molecule has 1 aromatic carbocycles. The summed E-state index contributed by atoms with van der Waals surface area (Å²) >= 11 is 0. The Hall–Kier alpha value is -0.930. The molecule has 90 valence electrons. The lowest BCUT2D eigenvalue weighted by Gasteiger charge is -2.23. The van der Waals surface area contributed by atoms with Gasteiger partial charge in [0.2, 0.25) is 0 Å². The highest BCUT2D eigenvalue weighted by molar-refractivity contribution is 5.34. The molecule has 1 aromatic rings. The molecule has 0 aliphatic heterocycles. The van der Waals surface area contributed by atoms with Crippen molar-refractivity contribution in [3.05, 3.63) is 34.6 Å². The Morgan fingerprint density at radius 2 is 1.69 bits per heavy atom. The van der Waals surface area contributed by atoms with Crippen LogP contribution in [0, 0.1) is 25.6 Å². The van der Waals surface area contributed by atoms with E-state index in [1.807, 2.05) is 0 Å². The SMILES string of the molecule is Cc1cc(C)c(C(O)C(O)C(C)C)c(F)c1. The molecule has 0 saturated heterocycles. The molecule has 3 heteroatoms. The predicted octanol–water partition coefficient (Wildman–Crippen LogP) is 2.49. The van der Waals surface area contributed by atoms with Crippen molar-refractivity contribution in [1.29, 1.82) is 0 Å². The average Bonchev–Trinajstić information content (AvgIpc) is 2.14. The molecule has 0 aliphatic carbocycles. The van der Waals surface area contributed by atoms with Crippen LogP contribution in [-0.4, -0.2) is 16.3 Å². The van der Waals surface area contributed by atoms with E-state index in [-0.39, 0.29) is 11.5 Å². The summed E-state index contributed by atoms with van der Waals surface area (Å²) < 4.78 is 13.7. The van der Waals surface area contributed by atoms with Gasteiger partial charge in [-0.2, -0.15) is 0 Å². The van der Waals surface area contributed by atoms with Gasteiger partial charge < -0.3 is 10.2 Å². The van der Waals surface area contributed by atoms with Crippen molar-refractivity contribution < 1.29 is 14.6 Å². The van der Waals surface area contributed by atoms with Gasteiger partial charge in [-0.05, 0) is 37.0 Å². The van der Waals surface area contributed by atoms with E-state index < -0.39 is 18.0 Å². The molecule has 0 spiro atoms. The lowest BCUT2D eigenvalue weighted by molar-refractivity contribution is -0.0115. The molecule has 1 rings (SSSR count). The van der Waals surface area contributed by atoms with Crippen molar-refractivity contribution in [2.75, 3.05) is 0 Å². The number of hydrogen-bond acceptors (Lipinski definition) is 2. The van der Waals surface area contributed by atoms with Gasteiger partial charge in [0.25, 0.3) is 0 Å². The second kappa shape index (κ2) is 4.93. The van der Waals surface area contributed by atoms with Gasteiger partial charge in [0.15, 0.2) is 0 Å². The lowest BCUT2D eigenvalue weighted by Crippen LogP contribution is -2.25. The van der Waals surface area contributed by atoms with E-state index in [9.17, 15) is 14.6 Å². The van der Waals surface area contributed by atoms with Crippen molar-refractivity contribution in [2.24, 2.45) is 5.92 Å². The van der Waals surface area contributed by atoms with Crippen molar-refractivity contribution >= 4 is 0 Å². The first-order chi connectivity index (χ1) is 7.34. The Labute approximate surface area is 95.7 Å². The van der Waals surface area contributed by atoms with Gasteiger partial charge in [-0.3, -0.25) is 0 Å². The minimum atomic E-state index is -1.17. The Morgan fingerprint density at radius 1 is 1.12 bits per heavy atom. The number of benzene rings is 1. The third-order valence-electron chi connectivity index (χ3n) is 2.78. The summed E-state index contributed by atoms with van der Waals surface area (Å²) in [6.07, 6.45) is -2.11. The maximum absolute atomic E-state index is 13.7. The molecule has 16 heavy (non-hydrogen) atoms. The molecule has 2 N–H and O–H groups in total. The van der Waals surface area contributed by atoms with Crippen LogP contribution >= 0.6 is 0 Å². The Balaban J connectivity index is 3.13. The third-order valence-corrected chi connectivity index (χ3v) is 2.78. The molecular formula is C13H19FO2. The van der Waals surface area contributed by atoms with Gasteiger partial charge in [-0.15, -0.1) is 0 Å². The van der Waals surface area contributed by atoms with Gasteiger partial charge in [0.05, 0.1) is 6.10 Å². The average molecular weight is 226 g/mol. The van der Waals surface area contributed by atoms with Crippen LogP contribution in [0.2, 0.25) is 0 Å². The van der Waals surface area contributed by atoms with Gasteiger partial charge in [0, 0.05) is 5.56 Å². The second-order valence-electron chi connectivity index (χ2n) is 4.66. The fourth-order valence-electron chi connectivity index (χ4n) is 1.84. The van der Waals surface area contributed by atoms with E-state index in [4.69, 9.17) is 0 Å². The third kappa shape index (κ3) is 2.60. The first-order valence-electron chi connectivity index (χ1n) is 5.47. The van der Waals surface area contributed by atoms with Crippen LogP contribution in [0.4, 0.5) is 4.39 Å². The highest BCUT2D eigenvalue weighted by Crippen LogP contribution is 2.27. The zero-order valence-corrected chi connectivity index (χ0v) is 10.2. The van der Waals surface area contributed by atoms with Crippen LogP contribution < -0.4 is 0 Å². The number of hydrogen-bond donors (Lipinski definition) is 2. The maximum Gasteiger partial charge on any atom is 0.129 e. The van der Waals surface area contributed by atoms with E-state index in [1.165, 1.54) is 6.07 Å². The molecule has 0 bridgehead atoms. The fraction of sp³-hybridized carbons (Fsp3) is 0.538. The van der Waals surface area contributed by atoms with Crippen molar-refractivity contribution in [3.8, 4) is 0 Å². The van der Waals surface area contributed by atoms with Crippen LogP contribution in [0.3, 0.4) is 0 Å². The summed E-state index contributed by atoms with van der Waals surface area (Å²) in [5.41, 5.74) is 1.68. The van der Waals surface area contributed by atoms with Crippen molar-refractivity contribution in [1.82, 2.24) is 0 Å². The lowest BCUT2D eigenvalue weighted by atomic mass is 9.92. The second-order valence-corrected chi connectivity index (χ2v) is 4.66. The molecule has 2 atom stereocenters. The highest BCUT2D eigenvalue weighted by Gasteiger charge is 2.25. The number of aliphatic hydroxyl groups excluding tert-OH is 2. The summed E-state index contributed by atoms with van der Waals surface area (Å²) in [5.74, 6) is -0.570. The zero-order valence-electron chi connectivity index (χ0n) is 10.2. The molecule has 2 unspecified atom stereocenters. The Morgan fingerprint density at radius 3 is 2.12 bits per heavy atom. The maximum atomic E-state index is 13.7. The molecule has 0 heterocycles. The number of halogens is 1. The van der Waals surface area contributed by atoms with Gasteiger partial charge in [-0.25, -0.2) is 4.39 Å². The van der Waals surface area contributed by atoms with Crippen LogP contribution in [-0.2, 0) is 0 Å². The van der Waals surface area contributed by atoms with Crippen LogP contribution in [0.5, 0.6) is 0 Å². The van der Waals surface area contributed by atoms with Gasteiger partial charge in [-0.1, -0.05) is 19.9 Å². The van der Waals surface area contributed by atoms with E-state index in [0.29, 0.717) is 5.56 Å². The van der Waals surface area contributed by atoms with Gasteiger partial charge >= 0.3 is 0 Å². The van der Waals surface area contributed by atoms with Gasteiger partial charge in [0.1, 0.15) is 11.9 Å². The standard InChI is InChI=1S/C13H19FO2/c1-7(2)12(15)13(16)11-9(4)5-8(3)6-10(11)14/h5-7,12-13,15-16H,1-4H3. The topological polar surface area (TPSA) is 40.5 Å². The van der Waals surface area contributed by atoms with E-state index >= 15 is 0 Å². The number of aliphatic hydroxyl groups is 2. The summed E-state index contributed by atoms with van der Waals surface area (Å²) in [6, 6.07) is 3.17. The zero-order chi connectivity index (χ0) is 12.5. The molecular weight excluding hydrogens is 207 g/mol. The summed E-state index contributed by atoms with van der Waals surface area (Å²) in [5, 5.41) is 19.7. The van der Waals surface area contributed by atoms with Crippen LogP contribution in [0.15, 0.2) is 12.1 Å². The van der Waals surface area contributed by atoms with Crippen LogP contribution in [0.25, 0.3) is 0 Å². The van der Waals surface area contributed by atoms with E-state index in [0.717, 1.165) is 5.56 Å². The first-order valence-corrected chi connectivity index (χ1v) is 5.47. The molecule has 2 nitrogen and oxygen atoms in total. The fourth-order valence-corrected chi connectivity index (χ4v) is 1.84. The summed E-state index contributed by atoms with van der Waals surface area (Å²) in [7, 11) is 0. The normalized spacial score (nSPS) is 15.2. The minimum absolute atomic E-state index is 0.116. The quantitative estimate of drug-likeness (QED) is 0.831. The summed E-state index contributed by atoms with van der Waals surface area (Å²) in [4.78, 5) is 0. The highest BCUT2D eigenvalue weighted by atomic mass is 19.1. The van der Waals surface area contributed by atoms with Crippen molar-refractivity contribution in [3.63, 3.8) is 0 Å². The molecule has 0 fully saturated rings. The van der Waals surface area contributed by atoms with Crippen LogP contribution in [0.1, 0.15) is 36.6 Å². The molecule has 0 aliphatic rings. The minimum Gasteiger partial charge on any atom is -0.390 e. The largest absolute Gasteiger partial charge is 0.390 e. The molecule has 0 radical (unpaired) electrons. The number of aryl methyl sites for hydroxylation is 2. The van der Waals surface area contributed by atoms with E-state index in [2.05, 4.69) is 0 Å². The predicted molar refractivity (Wildman–Crippen MR) is 61.7 cm³/mol. The van der Waals surface area contributed by atoms with E-state index in [1.54, 1.807) is 33.8 Å². The Bertz CT molecular complexity index is 351. The molecule has 0 aromatic heterocycles. The number of rotatable bonds is 3. The smallest absolute Gasteiger partial charge is 0.129 e. The summed E-state index contributed by atoms with van der Waals surface area (Å²) in [6.45, 7) is 7.11. The first kappa shape index (κ1) is 13.1. The monoisotopic (exact) mass is 226 g/mol. The Kier molecular flexibility index (Phi) is 4.05. The molecule has 0 amide bonds. The molecule has 0 saturated carbocycles. The van der Waals surface area contributed by atoms with Crippen molar-refractivity contribution in [2.45, 2.75) is 39.9 Å².